The van der Waals surface area contributed by atoms with Gasteiger partial charge in [-0.05, 0) is 20.3 Å². The van der Waals surface area contributed by atoms with E-state index >= 15 is 0 Å². The SMILES string of the molecule is CCC[C@H](N)C(=O)N1CCN(C(C)=O)C(C)(C)C1. The molecule has 1 fully saturated rings. The molecule has 0 aromatic carbocycles. The second kappa shape index (κ2) is 5.69. The Bertz CT molecular complexity index is 328. The summed E-state index contributed by atoms with van der Waals surface area (Å²) >= 11 is 0. The summed E-state index contributed by atoms with van der Waals surface area (Å²) in [6.45, 7) is 9.29. The second-order valence-electron chi connectivity index (χ2n) is 5.64. The van der Waals surface area contributed by atoms with Crippen LogP contribution in [0.4, 0.5) is 0 Å². The van der Waals surface area contributed by atoms with Gasteiger partial charge in [-0.3, -0.25) is 9.59 Å². The Balaban J connectivity index is 2.69. The maximum atomic E-state index is 12.1. The van der Waals surface area contributed by atoms with Gasteiger partial charge >= 0.3 is 0 Å². The van der Waals surface area contributed by atoms with Crippen LogP contribution in [-0.4, -0.2) is 52.8 Å². The van der Waals surface area contributed by atoms with Crippen molar-refractivity contribution >= 4 is 11.8 Å². The highest BCUT2D eigenvalue weighted by Gasteiger charge is 2.37. The smallest absolute Gasteiger partial charge is 0.239 e. The Labute approximate surface area is 109 Å². The van der Waals surface area contributed by atoms with Crippen LogP contribution in [0.2, 0.25) is 0 Å². The van der Waals surface area contributed by atoms with Crippen molar-refractivity contribution < 1.29 is 9.59 Å². The minimum absolute atomic E-state index is 0.00753. The van der Waals surface area contributed by atoms with Gasteiger partial charge in [-0.25, -0.2) is 0 Å². The van der Waals surface area contributed by atoms with Crippen molar-refractivity contribution in [2.24, 2.45) is 5.73 Å². The molecule has 18 heavy (non-hydrogen) atoms. The van der Waals surface area contributed by atoms with Crippen LogP contribution in [0.15, 0.2) is 0 Å². The molecule has 0 unspecified atom stereocenters. The summed E-state index contributed by atoms with van der Waals surface area (Å²) in [6.07, 6.45) is 1.62. The molecule has 0 aliphatic carbocycles. The van der Waals surface area contributed by atoms with E-state index in [4.69, 9.17) is 5.73 Å². The Morgan fingerprint density at radius 3 is 2.39 bits per heavy atom. The summed E-state index contributed by atoms with van der Waals surface area (Å²) in [5, 5.41) is 0. The predicted molar refractivity (Wildman–Crippen MR) is 70.9 cm³/mol. The molecular formula is C13H25N3O2. The summed E-state index contributed by atoms with van der Waals surface area (Å²) in [4.78, 5) is 27.3. The maximum absolute atomic E-state index is 12.1. The fraction of sp³-hybridized carbons (Fsp3) is 0.846. The lowest BCUT2D eigenvalue weighted by atomic mass is 9.97. The quantitative estimate of drug-likeness (QED) is 0.802. The molecule has 0 aromatic heterocycles. The molecule has 5 nitrogen and oxygen atoms in total. The third kappa shape index (κ3) is 3.22. The molecule has 0 saturated carbocycles. The molecule has 1 aliphatic rings. The van der Waals surface area contributed by atoms with Gasteiger partial charge < -0.3 is 15.5 Å². The molecule has 104 valence electrons. The second-order valence-corrected chi connectivity index (χ2v) is 5.64. The van der Waals surface area contributed by atoms with Crippen molar-refractivity contribution in [1.82, 2.24) is 9.80 Å². The lowest BCUT2D eigenvalue weighted by Crippen LogP contribution is -2.63. The van der Waals surface area contributed by atoms with Crippen LogP contribution in [0.1, 0.15) is 40.5 Å². The fourth-order valence-corrected chi connectivity index (χ4v) is 2.60. The first-order valence-electron chi connectivity index (χ1n) is 6.62. The van der Waals surface area contributed by atoms with E-state index in [-0.39, 0.29) is 17.4 Å². The monoisotopic (exact) mass is 255 g/mol. The number of amides is 2. The van der Waals surface area contributed by atoms with Gasteiger partial charge in [-0.2, -0.15) is 0 Å². The Morgan fingerprint density at radius 1 is 1.33 bits per heavy atom. The van der Waals surface area contributed by atoms with Gasteiger partial charge in [-0.15, -0.1) is 0 Å². The highest BCUT2D eigenvalue weighted by Crippen LogP contribution is 2.21. The molecule has 5 heteroatoms. The first-order valence-corrected chi connectivity index (χ1v) is 6.62. The van der Waals surface area contributed by atoms with Crippen LogP contribution < -0.4 is 5.73 Å². The van der Waals surface area contributed by atoms with Crippen molar-refractivity contribution in [3.8, 4) is 0 Å². The van der Waals surface area contributed by atoms with Crippen molar-refractivity contribution in [3.05, 3.63) is 0 Å². The first kappa shape index (κ1) is 15.0. The maximum Gasteiger partial charge on any atom is 0.239 e. The van der Waals surface area contributed by atoms with Crippen LogP contribution in [0.5, 0.6) is 0 Å². The zero-order chi connectivity index (χ0) is 13.9. The Morgan fingerprint density at radius 2 is 1.94 bits per heavy atom. The summed E-state index contributed by atoms with van der Waals surface area (Å²) < 4.78 is 0. The number of nitrogens with zero attached hydrogens (tertiary/aromatic N) is 2. The van der Waals surface area contributed by atoms with Gasteiger partial charge in [0.25, 0.3) is 0 Å². The summed E-state index contributed by atoms with van der Waals surface area (Å²) in [7, 11) is 0. The Kier molecular flexibility index (Phi) is 4.73. The number of nitrogens with two attached hydrogens (primary N) is 1. The average Bonchev–Trinajstić information content (AvgIpc) is 2.26. The highest BCUT2D eigenvalue weighted by atomic mass is 16.2. The number of hydrogen-bond acceptors (Lipinski definition) is 3. The molecule has 0 bridgehead atoms. The van der Waals surface area contributed by atoms with Crippen molar-refractivity contribution in [2.75, 3.05) is 19.6 Å². The third-order valence-corrected chi connectivity index (χ3v) is 3.51. The van der Waals surface area contributed by atoms with Crippen molar-refractivity contribution in [1.29, 1.82) is 0 Å². The molecule has 0 radical (unpaired) electrons. The largest absolute Gasteiger partial charge is 0.337 e. The lowest BCUT2D eigenvalue weighted by molar-refractivity contribution is -0.146. The van der Waals surface area contributed by atoms with E-state index < -0.39 is 6.04 Å². The standard InChI is InChI=1S/C13H25N3O2/c1-5-6-11(14)12(18)15-7-8-16(10(2)17)13(3,4)9-15/h11H,5-9,14H2,1-4H3/t11-/m0/s1. The van der Waals surface area contributed by atoms with Gasteiger partial charge in [0.05, 0.1) is 11.6 Å². The molecule has 1 saturated heterocycles. The number of piperazine rings is 1. The van der Waals surface area contributed by atoms with E-state index in [1.807, 2.05) is 25.7 Å². The van der Waals surface area contributed by atoms with Crippen LogP contribution in [0.25, 0.3) is 0 Å². The Hall–Kier alpha value is -1.10. The fourth-order valence-electron chi connectivity index (χ4n) is 2.60. The van der Waals surface area contributed by atoms with Gasteiger partial charge in [0, 0.05) is 26.6 Å². The van der Waals surface area contributed by atoms with E-state index in [0.29, 0.717) is 26.1 Å². The van der Waals surface area contributed by atoms with Crippen molar-refractivity contribution in [3.63, 3.8) is 0 Å². The molecule has 1 heterocycles. The van der Waals surface area contributed by atoms with E-state index in [9.17, 15) is 9.59 Å². The van der Waals surface area contributed by atoms with Crippen LogP contribution in [0.3, 0.4) is 0 Å². The summed E-state index contributed by atoms with van der Waals surface area (Å²) in [6, 6.07) is -0.408. The first-order chi connectivity index (χ1) is 8.29. The molecule has 0 spiro atoms. The van der Waals surface area contributed by atoms with Gasteiger partial charge in [0.15, 0.2) is 0 Å². The van der Waals surface area contributed by atoms with Crippen LogP contribution >= 0.6 is 0 Å². The zero-order valence-corrected chi connectivity index (χ0v) is 11.9. The molecule has 1 rings (SSSR count). The number of hydrogen-bond donors (Lipinski definition) is 1. The van der Waals surface area contributed by atoms with Crippen molar-refractivity contribution in [2.45, 2.75) is 52.1 Å². The molecule has 2 N–H and O–H groups in total. The van der Waals surface area contributed by atoms with E-state index in [0.717, 1.165) is 6.42 Å². The average molecular weight is 255 g/mol. The topological polar surface area (TPSA) is 66.6 Å². The number of carbonyl (C=O) groups excluding carboxylic acids is 2. The van der Waals surface area contributed by atoms with Gasteiger partial charge in [0.1, 0.15) is 0 Å². The molecule has 1 aliphatic heterocycles. The summed E-state index contributed by atoms with van der Waals surface area (Å²) in [5.74, 6) is 0.0677. The minimum Gasteiger partial charge on any atom is -0.337 e. The molecule has 1 atom stereocenters. The van der Waals surface area contributed by atoms with Crippen LogP contribution in [-0.2, 0) is 9.59 Å². The van der Waals surface area contributed by atoms with E-state index in [1.165, 1.54) is 0 Å². The lowest BCUT2D eigenvalue weighted by Gasteiger charge is -2.47. The highest BCUT2D eigenvalue weighted by molar-refractivity contribution is 5.82. The van der Waals surface area contributed by atoms with Gasteiger partial charge in [0.2, 0.25) is 11.8 Å². The molecular weight excluding hydrogens is 230 g/mol. The van der Waals surface area contributed by atoms with E-state index in [1.54, 1.807) is 11.8 Å². The zero-order valence-electron chi connectivity index (χ0n) is 11.9. The third-order valence-electron chi connectivity index (χ3n) is 3.51. The predicted octanol–water partition coefficient (Wildman–Crippen LogP) is 0.583. The summed E-state index contributed by atoms with van der Waals surface area (Å²) in [5.41, 5.74) is 5.56. The number of rotatable bonds is 3. The van der Waals surface area contributed by atoms with Gasteiger partial charge in [-0.1, -0.05) is 13.3 Å². The molecule has 2 amide bonds. The van der Waals surface area contributed by atoms with Crippen LogP contribution in [0, 0.1) is 0 Å². The van der Waals surface area contributed by atoms with E-state index in [2.05, 4.69) is 0 Å². The molecule has 0 aromatic rings. The normalized spacial score (nSPS) is 20.7. The number of carbonyl (C=O) groups is 2. The minimum atomic E-state index is -0.408.